The summed E-state index contributed by atoms with van der Waals surface area (Å²) in [5, 5.41) is 3.97. The molecule has 1 N–H and O–H groups in total. The van der Waals surface area contributed by atoms with Gasteiger partial charge in [-0.2, -0.15) is 20.1 Å². The Morgan fingerprint density at radius 1 is 1.24 bits per heavy atom. The Morgan fingerprint density at radius 3 is 2.72 bits per heavy atom. The van der Waals surface area contributed by atoms with Gasteiger partial charge in [-0.15, -0.1) is 12.4 Å². The zero-order valence-corrected chi connectivity index (χ0v) is 14.4. The molecule has 2 heterocycles. The van der Waals surface area contributed by atoms with Gasteiger partial charge in [0, 0.05) is 18.7 Å². The molecular weight excluding hydrogens is 351 g/mol. The van der Waals surface area contributed by atoms with E-state index in [2.05, 4.69) is 25.5 Å². The molecular formula is C15H18ClFN6O2. The largest absolute Gasteiger partial charge is 0.467 e. The predicted molar refractivity (Wildman–Crippen MR) is 94.3 cm³/mol. The average molecular weight is 369 g/mol. The number of ether oxygens (including phenoxy) is 2. The minimum absolute atomic E-state index is 0. The molecule has 134 valence electrons. The molecule has 8 nitrogen and oxygen atoms in total. The molecule has 1 fully saturated rings. The molecule has 0 amide bonds. The molecule has 0 radical (unpaired) electrons. The number of hydrogen-bond donors (Lipinski definition) is 1. The van der Waals surface area contributed by atoms with Crippen molar-refractivity contribution in [3.05, 3.63) is 35.6 Å². The van der Waals surface area contributed by atoms with Crippen LogP contribution in [0.25, 0.3) is 0 Å². The van der Waals surface area contributed by atoms with E-state index in [-0.39, 0.29) is 30.2 Å². The Hall–Kier alpha value is -2.52. The first-order chi connectivity index (χ1) is 11.8. The number of aromatic nitrogens is 3. The Bertz CT molecular complexity index is 727. The van der Waals surface area contributed by atoms with E-state index in [1.54, 1.807) is 18.2 Å². The summed E-state index contributed by atoms with van der Waals surface area (Å²) in [5.41, 5.74) is 3.04. The molecule has 0 spiro atoms. The molecule has 1 aliphatic heterocycles. The lowest BCUT2D eigenvalue weighted by Crippen LogP contribution is -2.37. The molecule has 0 atom stereocenters. The van der Waals surface area contributed by atoms with Gasteiger partial charge >= 0.3 is 6.01 Å². The number of benzene rings is 1. The number of hydrazone groups is 1. The molecule has 3 rings (SSSR count). The van der Waals surface area contributed by atoms with Crippen molar-refractivity contribution in [2.75, 3.05) is 43.7 Å². The fourth-order valence-electron chi connectivity index (χ4n) is 2.13. The van der Waals surface area contributed by atoms with Crippen molar-refractivity contribution in [2.45, 2.75) is 0 Å². The number of morpholine rings is 1. The van der Waals surface area contributed by atoms with Crippen LogP contribution in [-0.4, -0.2) is 54.6 Å². The van der Waals surface area contributed by atoms with Crippen LogP contribution in [0, 0.1) is 5.82 Å². The van der Waals surface area contributed by atoms with Crippen molar-refractivity contribution >= 4 is 30.5 Å². The second kappa shape index (κ2) is 9.09. The number of rotatable bonds is 5. The van der Waals surface area contributed by atoms with E-state index in [0.29, 0.717) is 37.8 Å². The van der Waals surface area contributed by atoms with Gasteiger partial charge in [0.25, 0.3) is 5.95 Å². The molecule has 1 saturated heterocycles. The molecule has 0 unspecified atom stereocenters. The van der Waals surface area contributed by atoms with Gasteiger partial charge in [-0.1, -0.05) is 18.2 Å². The van der Waals surface area contributed by atoms with Gasteiger partial charge in [-0.3, -0.25) is 0 Å². The van der Waals surface area contributed by atoms with Crippen molar-refractivity contribution in [3.8, 4) is 6.01 Å². The van der Waals surface area contributed by atoms with E-state index in [1.165, 1.54) is 19.4 Å². The van der Waals surface area contributed by atoms with Gasteiger partial charge in [-0.25, -0.2) is 9.82 Å². The molecule has 25 heavy (non-hydrogen) atoms. The van der Waals surface area contributed by atoms with E-state index < -0.39 is 0 Å². The van der Waals surface area contributed by atoms with Crippen LogP contribution in [0.15, 0.2) is 29.4 Å². The zero-order chi connectivity index (χ0) is 16.8. The van der Waals surface area contributed by atoms with Gasteiger partial charge in [-0.05, 0) is 6.07 Å². The standard InChI is InChI=1S/C15H17FN6O2.ClH/c1-23-15-19-13(18-14(20-15)22-6-8-24-9-7-22)21-17-10-11-4-2-3-5-12(11)16;/h2-5,10H,6-9H2,1H3,(H,18,19,20,21);1H/b17-10+;. The molecule has 0 saturated carbocycles. The van der Waals surface area contributed by atoms with Crippen molar-refractivity contribution in [3.63, 3.8) is 0 Å². The van der Waals surface area contributed by atoms with Crippen LogP contribution in [0.4, 0.5) is 16.3 Å². The van der Waals surface area contributed by atoms with Crippen molar-refractivity contribution in [1.29, 1.82) is 0 Å². The van der Waals surface area contributed by atoms with Gasteiger partial charge in [0.1, 0.15) is 5.82 Å². The summed E-state index contributed by atoms with van der Waals surface area (Å²) in [6, 6.07) is 6.51. The molecule has 0 aliphatic carbocycles. The van der Waals surface area contributed by atoms with Crippen LogP contribution in [0.2, 0.25) is 0 Å². The molecule has 10 heteroatoms. The lowest BCUT2D eigenvalue weighted by atomic mass is 10.2. The van der Waals surface area contributed by atoms with E-state index in [9.17, 15) is 4.39 Å². The maximum atomic E-state index is 13.5. The van der Waals surface area contributed by atoms with Crippen LogP contribution < -0.4 is 15.1 Å². The van der Waals surface area contributed by atoms with Crippen LogP contribution in [-0.2, 0) is 4.74 Å². The second-order valence-corrected chi connectivity index (χ2v) is 4.94. The van der Waals surface area contributed by atoms with Gasteiger partial charge in [0.2, 0.25) is 5.95 Å². The van der Waals surface area contributed by atoms with Gasteiger partial charge in [0.05, 0.1) is 26.5 Å². The normalized spacial score (nSPS) is 14.2. The first kappa shape index (κ1) is 18.8. The van der Waals surface area contributed by atoms with Crippen molar-refractivity contribution in [2.24, 2.45) is 5.10 Å². The Morgan fingerprint density at radius 2 is 2.00 bits per heavy atom. The first-order valence-electron chi connectivity index (χ1n) is 7.42. The lowest BCUT2D eigenvalue weighted by Gasteiger charge is -2.26. The summed E-state index contributed by atoms with van der Waals surface area (Å²) in [7, 11) is 1.48. The maximum Gasteiger partial charge on any atom is 0.322 e. The minimum Gasteiger partial charge on any atom is -0.467 e. The van der Waals surface area contributed by atoms with Gasteiger partial charge in [0.15, 0.2) is 0 Å². The van der Waals surface area contributed by atoms with E-state index >= 15 is 0 Å². The summed E-state index contributed by atoms with van der Waals surface area (Å²) in [6.45, 7) is 2.60. The second-order valence-electron chi connectivity index (χ2n) is 4.94. The topological polar surface area (TPSA) is 84.8 Å². The minimum atomic E-state index is -0.356. The smallest absolute Gasteiger partial charge is 0.322 e. The van der Waals surface area contributed by atoms with Crippen molar-refractivity contribution in [1.82, 2.24) is 15.0 Å². The quantitative estimate of drug-likeness (QED) is 0.635. The summed E-state index contributed by atoms with van der Waals surface area (Å²) in [6.07, 6.45) is 1.36. The summed E-state index contributed by atoms with van der Waals surface area (Å²) >= 11 is 0. The fraction of sp³-hybridized carbons (Fsp3) is 0.333. The summed E-state index contributed by atoms with van der Waals surface area (Å²) < 4.78 is 24.0. The zero-order valence-electron chi connectivity index (χ0n) is 13.6. The third-order valence-corrected chi connectivity index (χ3v) is 3.35. The van der Waals surface area contributed by atoms with Crippen molar-refractivity contribution < 1.29 is 13.9 Å². The van der Waals surface area contributed by atoms with Crippen LogP contribution in [0.1, 0.15) is 5.56 Å². The maximum absolute atomic E-state index is 13.5. The number of nitrogens with one attached hydrogen (secondary N) is 1. The van der Waals surface area contributed by atoms with Crippen LogP contribution in [0.5, 0.6) is 6.01 Å². The van der Waals surface area contributed by atoms with E-state index in [1.807, 2.05) is 4.90 Å². The predicted octanol–water partition coefficient (Wildman–Crippen LogP) is 1.72. The van der Waals surface area contributed by atoms with E-state index in [0.717, 1.165) is 0 Å². The first-order valence-corrected chi connectivity index (χ1v) is 7.42. The molecule has 1 aromatic heterocycles. The molecule has 0 bridgehead atoms. The van der Waals surface area contributed by atoms with E-state index in [4.69, 9.17) is 9.47 Å². The fourth-order valence-corrected chi connectivity index (χ4v) is 2.13. The van der Waals surface area contributed by atoms with Crippen LogP contribution >= 0.6 is 12.4 Å². The molecule has 1 aromatic carbocycles. The number of methoxy groups -OCH3 is 1. The third-order valence-electron chi connectivity index (χ3n) is 3.35. The lowest BCUT2D eigenvalue weighted by molar-refractivity contribution is 0.122. The monoisotopic (exact) mass is 368 g/mol. The Labute approximate surface area is 150 Å². The molecule has 1 aliphatic rings. The van der Waals surface area contributed by atoms with Crippen LogP contribution in [0.3, 0.4) is 0 Å². The highest BCUT2D eigenvalue weighted by atomic mass is 35.5. The number of anilines is 2. The summed E-state index contributed by atoms with van der Waals surface area (Å²) in [5.74, 6) is 0.343. The highest BCUT2D eigenvalue weighted by Crippen LogP contribution is 2.16. The number of hydrogen-bond acceptors (Lipinski definition) is 8. The average Bonchev–Trinajstić information content (AvgIpc) is 2.64. The number of nitrogens with zero attached hydrogens (tertiary/aromatic N) is 5. The Kier molecular flexibility index (Phi) is 6.84. The summed E-state index contributed by atoms with van der Waals surface area (Å²) in [4.78, 5) is 14.6. The SMILES string of the molecule is COc1nc(N/N=C/c2ccccc2F)nc(N2CCOCC2)n1.Cl. The highest BCUT2D eigenvalue weighted by Gasteiger charge is 2.16. The highest BCUT2D eigenvalue weighted by molar-refractivity contribution is 5.85. The molecule has 2 aromatic rings. The third kappa shape index (κ3) is 4.97. The number of halogens is 2. The Balaban J connectivity index is 0.00000225. The van der Waals surface area contributed by atoms with Gasteiger partial charge < -0.3 is 14.4 Å².